The number of halogens is 1. The molecule has 0 atom stereocenters. The van der Waals surface area contributed by atoms with Gasteiger partial charge in [0.15, 0.2) is 5.65 Å². The van der Waals surface area contributed by atoms with E-state index in [0.717, 1.165) is 28.0 Å². The van der Waals surface area contributed by atoms with Gasteiger partial charge in [0.05, 0.1) is 5.52 Å². The number of hydrogen-bond donors (Lipinski definition) is 1. The van der Waals surface area contributed by atoms with Crippen molar-refractivity contribution in [3.8, 4) is 0 Å². The fourth-order valence-corrected chi connectivity index (χ4v) is 1.70. The molecule has 0 unspecified atom stereocenters. The van der Waals surface area contributed by atoms with Gasteiger partial charge in [-0.15, -0.1) is 0 Å². The third kappa shape index (κ3) is 1.95. The number of hydrogen-bond acceptors (Lipinski definition) is 2. The molecule has 3 nitrogen and oxygen atoms in total. The number of rotatable bonds is 2. The van der Waals surface area contributed by atoms with Gasteiger partial charge in [0.25, 0.3) is 0 Å². The summed E-state index contributed by atoms with van der Waals surface area (Å²) in [6.45, 7) is 4.35. The van der Waals surface area contributed by atoms with Gasteiger partial charge in [0.2, 0.25) is 0 Å². The number of aromatic nitrogens is 3. The lowest BCUT2D eigenvalue weighted by molar-refractivity contribution is 0.627. The van der Waals surface area contributed by atoms with Gasteiger partial charge >= 0.3 is 0 Å². The van der Waals surface area contributed by atoms with Crippen LogP contribution in [0.15, 0.2) is 16.7 Å². The standard InChI is InChI=1S/C10H12BrN3/c1-6(2)5-9-12-7-3-4-8(11)13-10(7)14-9/h3-4,6H,5H2,1-2H3,(H,12,13,14). The van der Waals surface area contributed by atoms with Crippen molar-refractivity contribution < 1.29 is 0 Å². The van der Waals surface area contributed by atoms with E-state index in [1.807, 2.05) is 12.1 Å². The van der Waals surface area contributed by atoms with Crippen LogP contribution in [-0.2, 0) is 6.42 Å². The van der Waals surface area contributed by atoms with E-state index in [4.69, 9.17) is 0 Å². The van der Waals surface area contributed by atoms with Gasteiger partial charge in [0, 0.05) is 6.42 Å². The van der Waals surface area contributed by atoms with Crippen LogP contribution < -0.4 is 0 Å². The first-order valence-electron chi connectivity index (χ1n) is 4.66. The maximum absolute atomic E-state index is 4.42. The van der Waals surface area contributed by atoms with E-state index < -0.39 is 0 Å². The Morgan fingerprint density at radius 3 is 2.86 bits per heavy atom. The van der Waals surface area contributed by atoms with Gasteiger partial charge in [-0.25, -0.2) is 9.97 Å². The molecule has 2 heterocycles. The molecule has 0 radical (unpaired) electrons. The lowest BCUT2D eigenvalue weighted by atomic mass is 10.1. The largest absolute Gasteiger partial charge is 0.341 e. The first-order chi connectivity index (χ1) is 6.65. The van der Waals surface area contributed by atoms with Crippen LogP contribution in [0.1, 0.15) is 19.7 Å². The number of nitrogens with zero attached hydrogens (tertiary/aromatic N) is 2. The third-order valence-corrected chi connectivity index (χ3v) is 2.40. The molecule has 0 amide bonds. The van der Waals surface area contributed by atoms with Gasteiger partial charge in [0.1, 0.15) is 10.4 Å². The van der Waals surface area contributed by atoms with Crippen LogP contribution >= 0.6 is 15.9 Å². The van der Waals surface area contributed by atoms with Crippen LogP contribution in [0, 0.1) is 5.92 Å². The van der Waals surface area contributed by atoms with Crippen molar-refractivity contribution in [2.24, 2.45) is 5.92 Å². The molecular formula is C10H12BrN3. The predicted octanol–water partition coefficient (Wildman–Crippen LogP) is 2.92. The predicted molar refractivity (Wildman–Crippen MR) is 60.1 cm³/mol. The zero-order chi connectivity index (χ0) is 10.1. The lowest BCUT2D eigenvalue weighted by Crippen LogP contribution is -1.95. The molecule has 2 rings (SSSR count). The number of nitrogens with one attached hydrogen (secondary N) is 1. The average molecular weight is 254 g/mol. The molecule has 0 saturated heterocycles. The Hall–Kier alpha value is -0.900. The molecule has 0 spiro atoms. The second kappa shape index (κ2) is 3.69. The molecule has 2 aromatic rings. The number of imidazole rings is 1. The van der Waals surface area contributed by atoms with Crippen LogP contribution in [0.25, 0.3) is 11.2 Å². The van der Waals surface area contributed by atoms with Crippen LogP contribution in [0.5, 0.6) is 0 Å². The minimum absolute atomic E-state index is 0.610. The zero-order valence-corrected chi connectivity index (χ0v) is 9.80. The summed E-state index contributed by atoms with van der Waals surface area (Å²) in [7, 11) is 0. The monoisotopic (exact) mass is 253 g/mol. The average Bonchev–Trinajstić information content (AvgIpc) is 2.44. The quantitative estimate of drug-likeness (QED) is 0.837. The summed E-state index contributed by atoms with van der Waals surface area (Å²) < 4.78 is 0.826. The SMILES string of the molecule is CC(C)Cc1nc2nc(Br)ccc2[nH]1. The highest BCUT2D eigenvalue weighted by atomic mass is 79.9. The second-order valence-corrected chi connectivity index (χ2v) is 4.60. The first kappa shape index (κ1) is 9.65. The Kier molecular flexibility index (Phi) is 2.54. The molecule has 4 heteroatoms. The minimum Gasteiger partial charge on any atom is -0.341 e. The molecule has 0 fully saturated rings. The highest BCUT2D eigenvalue weighted by Crippen LogP contribution is 2.14. The van der Waals surface area contributed by atoms with Crippen molar-refractivity contribution in [1.82, 2.24) is 15.0 Å². The van der Waals surface area contributed by atoms with Gasteiger partial charge in [-0.05, 0) is 34.0 Å². The van der Waals surface area contributed by atoms with Crippen LogP contribution in [-0.4, -0.2) is 15.0 Å². The molecule has 0 saturated carbocycles. The zero-order valence-electron chi connectivity index (χ0n) is 8.21. The van der Waals surface area contributed by atoms with Crippen molar-refractivity contribution in [3.05, 3.63) is 22.6 Å². The van der Waals surface area contributed by atoms with Crippen LogP contribution in [0.2, 0.25) is 0 Å². The maximum Gasteiger partial charge on any atom is 0.178 e. The van der Waals surface area contributed by atoms with E-state index >= 15 is 0 Å². The fraction of sp³-hybridized carbons (Fsp3) is 0.400. The van der Waals surface area contributed by atoms with Gasteiger partial charge < -0.3 is 4.98 Å². The molecule has 0 aliphatic heterocycles. The number of aromatic amines is 1. The molecule has 14 heavy (non-hydrogen) atoms. The Bertz CT molecular complexity index is 448. The van der Waals surface area contributed by atoms with Crippen molar-refractivity contribution in [2.45, 2.75) is 20.3 Å². The lowest BCUT2D eigenvalue weighted by Gasteiger charge is -1.98. The van der Waals surface area contributed by atoms with Crippen molar-refractivity contribution >= 4 is 27.1 Å². The topological polar surface area (TPSA) is 41.6 Å². The molecule has 1 N–H and O–H groups in total. The van der Waals surface area contributed by atoms with E-state index in [-0.39, 0.29) is 0 Å². The molecular weight excluding hydrogens is 242 g/mol. The normalized spacial score (nSPS) is 11.4. The van der Waals surface area contributed by atoms with Crippen LogP contribution in [0.3, 0.4) is 0 Å². The summed E-state index contributed by atoms with van der Waals surface area (Å²) in [6.07, 6.45) is 0.966. The van der Waals surface area contributed by atoms with Crippen molar-refractivity contribution in [2.75, 3.05) is 0 Å². The molecule has 0 aliphatic carbocycles. The summed E-state index contributed by atoms with van der Waals surface area (Å²) >= 11 is 3.33. The molecule has 0 bridgehead atoms. The Labute approximate surface area is 91.1 Å². The van der Waals surface area contributed by atoms with E-state index in [0.29, 0.717) is 5.92 Å². The van der Waals surface area contributed by atoms with Crippen LogP contribution in [0.4, 0.5) is 0 Å². The van der Waals surface area contributed by atoms with Gasteiger partial charge in [-0.3, -0.25) is 0 Å². The summed E-state index contributed by atoms with van der Waals surface area (Å²) in [5, 5.41) is 0. The van der Waals surface area contributed by atoms with Gasteiger partial charge in [-0.1, -0.05) is 13.8 Å². The van der Waals surface area contributed by atoms with Crippen molar-refractivity contribution in [3.63, 3.8) is 0 Å². The van der Waals surface area contributed by atoms with E-state index in [1.54, 1.807) is 0 Å². The van der Waals surface area contributed by atoms with E-state index in [1.165, 1.54) is 0 Å². The summed E-state index contributed by atoms with van der Waals surface area (Å²) in [6, 6.07) is 3.91. The maximum atomic E-state index is 4.42. The van der Waals surface area contributed by atoms with Crippen molar-refractivity contribution in [1.29, 1.82) is 0 Å². The molecule has 0 aliphatic rings. The summed E-state index contributed by atoms with van der Waals surface area (Å²) in [5.74, 6) is 1.62. The minimum atomic E-state index is 0.610. The Balaban J connectivity index is 2.41. The Morgan fingerprint density at radius 2 is 2.14 bits per heavy atom. The highest BCUT2D eigenvalue weighted by molar-refractivity contribution is 9.10. The van der Waals surface area contributed by atoms with Gasteiger partial charge in [-0.2, -0.15) is 0 Å². The second-order valence-electron chi connectivity index (χ2n) is 3.79. The fourth-order valence-electron chi connectivity index (χ4n) is 1.40. The van der Waals surface area contributed by atoms with E-state index in [9.17, 15) is 0 Å². The molecule has 2 aromatic heterocycles. The summed E-state index contributed by atoms with van der Waals surface area (Å²) in [5.41, 5.74) is 1.79. The number of pyridine rings is 1. The smallest absolute Gasteiger partial charge is 0.178 e. The summed E-state index contributed by atoms with van der Waals surface area (Å²) in [4.78, 5) is 12.0. The molecule has 74 valence electrons. The number of H-pyrrole nitrogens is 1. The Morgan fingerprint density at radius 1 is 1.36 bits per heavy atom. The third-order valence-electron chi connectivity index (χ3n) is 1.96. The number of fused-ring (bicyclic) bond motifs is 1. The van der Waals surface area contributed by atoms with E-state index in [2.05, 4.69) is 44.7 Å². The molecule has 0 aromatic carbocycles. The first-order valence-corrected chi connectivity index (χ1v) is 5.45. The highest BCUT2D eigenvalue weighted by Gasteiger charge is 2.05.